The Bertz CT molecular complexity index is 479. The number of rotatable bonds is 6. The minimum atomic E-state index is 0.352. The minimum Gasteiger partial charge on any atom is -0.460 e. The normalized spacial score (nSPS) is 10.6. The molecule has 5 nitrogen and oxygen atoms in total. The number of ether oxygens (including phenoxy) is 2. The van der Waals surface area contributed by atoms with Crippen molar-refractivity contribution in [3.8, 4) is 17.4 Å². The van der Waals surface area contributed by atoms with Crippen molar-refractivity contribution >= 4 is 0 Å². The molecule has 1 heterocycles. The van der Waals surface area contributed by atoms with Gasteiger partial charge in [0, 0.05) is 12.2 Å². The molecule has 0 bridgehead atoms. The highest BCUT2D eigenvalue weighted by Crippen LogP contribution is 2.16. The average molecular weight is 247 g/mol. The molecule has 0 aliphatic carbocycles. The van der Waals surface area contributed by atoms with E-state index in [4.69, 9.17) is 9.47 Å². The Labute approximate surface area is 106 Å². The van der Waals surface area contributed by atoms with Crippen molar-refractivity contribution in [3.05, 3.63) is 29.8 Å². The third-order valence-corrected chi connectivity index (χ3v) is 2.45. The third-order valence-electron chi connectivity index (χ3n) is 2.45. The number of benzene rings is 1. The number of hydrogen-bond acceptors (Lipinski definition) is 4. The van der Waals surface area contributed by atoms with E-state index in [9.17, 15) is 0 Å². The highest BCUT2D eigenvalue weighted by molar-refractivity contribution is 5.55. The number of nitrogens with one attached hydrogen (secondary N) is 1. The highest BCUT2D eigenvalue weighted by Gasteiger charge is 2.05. The van der Waals surface area contributed by atoms with E-state index in [1.807, 2.05) is 38.1 Å². The van der Waals surface area contributed by atoms with E-state index >= 15 is 0 Å². The molecule has 0 fully saturated rings. The summed E-state index contributed by atoms with van der Waals surface area (Å²) in [5.41, 5.74) is 2.21. The van der Waals surface area contributed by atoms with Crippen molar-refractivity contribution in [1.82, 2.24) is 15.2 Å². The van der Waals surface area contributed by atoms with Crippen LogP contribution >= 0.6 is 0 Å². The van der Waals surface area contributed by atoms with Crippen molar-refractivity contribution in [2.45, 2.75) is 13.8 Å². The SMILES string of the molecule is CCOCCOc1n[nH]c(-c2ccc(C)cc2)n1. The molecule has 0 unspecified atom stereocenters. The summed E-state index contributed by atoms with van der Waals surface area (Å²) in [5.74, 6) is 0.710. The van der Waals surface area contributed by atoms with Gasteiger partial charge in [0.15, 0.2) is 5.82 Å². The van der Waals surface area contributed by atoms with Crippen LogP contribution in [0.3, 0.4) is 0 Å². The predicted octanol–water partition coefficient (Wildman–Crippen LogP) is 2.20. The lowest BCUT2D eigenvalue weighted by atomic mass is 10.1. The summed E-state index contributed by atoms with van der Waals surface area (Å²) >= 11 is 0. The van der Waals surface area contributed by atoms with E-state index in [0.717, 1.165) is 5.56 Å². The van der Waals surface area contributed by atoms with Crippen LogP contribution in [0.5, 0.6) is 6.01 Å². The van der Waals surface area contributed by atoms with Crippen molar-refractivity contribution in [2.75, 3.05) is 19.8 Å². The maximum absolute atomic E-state index is 5.36. The van der Waals surface area contributed by atoms with Crippen LogP contribution in [0, 0.1) is 6.92 Å². The fraction of sp³-hybridized carbons (Fsp3) is 0.385. The molecule has 18 heavy (non-hydrogen) atoms. The number of aromatic amines is 1. The zero-order valence-corrected chi connectivity index (χ0v) is 10.6. The second-order valence-corrected chi connectivity index (χ2v) is 3.88. The number of aromatic nitrogens is 3. The van der Waals surface area contributed by atoms with Gasteiger partial charge in [0.1, 0.15) is 6.61 Å². The molecule has 1 aromatic carbocycles. The van der Waals surface area contributed by atoms with E-state index in [2.05, 4.69) is 15.2 Å². The number of hydrogen-bond donors (Lipinski definition) is 1. The minimum absolute atomic E-state index is 0.352. The van der Waals surface area contributed by atoms with Crippen LogP contribution < -0.4 is 4.74 Å². The van der Waals surface area contributed by atoms with Crippen LogP contribution in [-0.4, -0.2) is 35.0 Å². The summed E-state index contributed by atoms with van der Waals surface area (Å²) in [6, 6.07) is 8.42. The van der Waals surface area contributed by atoms with Gasteiger partial charge in [-0.2, -0.15) is 4.98 Å². The van der Waals surface area contributed by atoms with Gasteiger partial charge >= 0.3 is 6.01 Å². The second kappa shape index (κ2) is 6.16. The lowest BCUT2D eigenvalue weighted by molar-refractivity contribution is 0.106. The molecule has 2 aromatic rings. The third kappa shape index (κ3) is 3.30. The number of nitrogens with zero attached hydrogens (tertiary/aromatic N) is 2. The lowest BCUT2D eigenvalue weighted by Gasteiger charge is -2.00. The van der Waals surface area contributed by atoms with Crippen molar-refractivity contribution in [3.63, 3.8) is 0 Å². The summed E-state index contributed by atoms with van der Waals surface area (Å²) in [4.78, 5) is 4.26. The summed E-state index contributed by atoms with van der Waals surface area (Å²) in [7, 11) is 0. The van der Waals surface area contributed by atoms with Gasteiger partial charge in [0.25, 0.3) is 0 Å². The van der Waals surface area contributed by atoms with Crippen LogP contribution in [0.1, 0.15) is 12.5 Å². The van der Waals surface area contributed by atoms with Gasteiger partial charge in [0.2, 0.25) is 0 Å². The first-order valence-electron chi connectivity index (χ1n) is 5.99. The Morgan fingerprint density at radius 1 is 1.17 bits per heavy atom. The van der Waals surface area contributed by atoms with E-state index < -0.39 is 0 Å². The molecule has 96 valence electrons. The van der Waals surface area contributed by atoms with E-state index in [1.54, 1.807) is 0 Å². The van der Waals surface area contributed by atoms with Crippen molar-refractivity contribution in [2.24, 2.45) is 0 Å². The highest BCUT2D eigenvalue weighted by atomic mass is 16.5. The van der Waals surface area contributed by atoms with E-state index in [0.29, 0.717) is 31.7 Å². The van der Waals surface area contributed by atoms with Gasteiger partial charge in [-0.3, -0.25) is 5.10 Å². The van der Waals surface area contributed by atoms with E-state index in [-0.39, 0.29) is 0 Å². The van der Waals surface area contributed by atoms with Gasteiger partial charge in [-0.05, 0) is 13.8 Å². The number of aryl methyl sites for hydroxylation is 1. The Balaban J connectivity index is 1.95. The van der Waals surface area contributed by atoms with Crippen LogP contribution in [0.2, 0.25) is 0 Å². The largest absolute Gasteiger partial charge is 0.460 e. The average Bonchev–Trinajstić information content (AvgIpc) is 2.84. The standard InChI is InChI=1S/C13H17N3O2/c1-3-17-8-9-18-13-14-12(15-16-13)11-6-4-10(2)5-7-11/h4-7H,3,8-9H2,1-2H3,(H,14,15,16). The first-order chi connectivity index (χ1) is 8.79. The summed E-state index contributed by atoms with van der Waals surface area (Å²) in [5, 5.41) is 6.85. The fourth-order valence-electron chi connectivity index (χ4n) is 1.49. The number of H-pyrrole nitrogens is 1. The molecular weight excluding hydrogens is 230 g/mol. The zero-order valence-electron chi connectivity index (χ0n) is 10.6. The Kier molecular flexibility index (Phi) is 4.30. The van der Waals surface area contributed by atoms with Gasteiger partial charge in [0.05, 0.1) is 6.61 Å². The Morgan fingerprint density at radius 3 is 2.67 bits per heavy atom. The zero-order chi connectivity index (χ0) is 12.8. The maximum atomic E-state index is 5.36. The summed E-state index contributed by atoms with van der Waals surface area (Å²) < 4.78 is 10.5. The molecule has 0 saturated carbocycles. The molecule has 0 atom stereocenters. The molecule has 0 amide bonds. The molecule has 2 rings (SSSR count). The van der Waals surface area contributed by atoms with Crippen molar-refractivity contribution < 1.29 is 9.47 Å². The molecule has 0 aliphatic rings. The van der Waals surface area contributed by atoms with Gasteiger partial charge in [-0.1, -0.05) is 29.8 Å². The maximum Gasteiger partial charge on any atom is 0.335 e. The van der Waals surface area contributed by atoms with Crippen LogP contribution in [-0.2, 0) is 4.74 Å². The molecule has 0 aliphatic heterocycles. The quantitative estimate of drug-likeness (QED) is 0.795. The molecule has 0 spiro atoms. The summed E-state index contributed by atoms with van der Waals surface area (Å²) in [6.45, 7) is 5.69. The molecule has 0 radical (unpaired) electrons. The predicted molar refractivity (Wildman–Crippen MR) is 68.5 cm³/mol. The molecule has 0 saturated heterocycles. The lowest BCUT2D eigenvalue weighted by Crippen LogP contribution is -2.07. The molecular formula is C13H17N3O2. The Hall–Kier alpha value is -1.88. The van der Waals surface area contributed by atoms with Crippen LogP contribution in [0.15, 0.2) is 24.3 Å². The van der Waals surface area contributed by atoms with Gasteiger partial charge < -0.3 is 9.47 Å². The van der Waals surface area contributed by atoms with Crippen LogP contribution in [0.25, 0.3) is 11.4 Å². The van der Waals surface area contributed by atoms with Gasteiger partial charge in [-0.25, -0.2) is 0 Å². The monoisotopic (exact) mass is 247 g/mol. The topological polar surface area (TPSA) is 60.0 Å². The smallest absolute Gasteiger partial charge is 0.335 e. The van der Waals surface area contributed by atoms with Gasteiger partial charge in [-0.15, -0.1) is 5.10 Å². The first kappa shape index (κ1) is 12.6. The molecule has 1 N–H and O–H groups in total. The molecule has 5 heteroatoms. The second-order valence-electron chi connectivity index (χ2n) is 3.88. The van der Waals surface area contributed by atoms with Crippen molar-refractivity contribution in [1.29, 1.82) is 0 Å². The van der Waals surface area contributed by atoms with E-state index in [1.165, 1.54) is 5.56 Å². The van der Waals surface area contributed by atoms with Crippen LogP contribution in [0.4, 0.5) is 0 Å². The molecule has 1 aromatic heterocycles. The first-order valence-corrected chi connectivity index (χ1v) is 5.99. The summed E-state index contributed by atoms with van der Waals surface area (Å²) in [6.07, 6.45) is 0. The Morgan fingerprint density at radius 2 is 1.94 bits per heavy atom. The fourth-order valence-corrected chi connectivity index (χ4v) is 1.49.